The highest BCUT2D eigenvalue weighted by atomic mass is 16.3. The summed E-state index contributed by atoms with van der Waals surface area (Å²) < 4.78 is 0. The molecule has 0 radical (unpaired) electrons. The molecule has 76 valence electrons. The van der Waals surface area contributed by atoms with Crippen molar-refractivity contribution in [2.24, 2.45) is 0 Å². The highest BCUT2D eigenvalue weighted by molar-refractivity contribution is 5.50. The van der Waals surface area contributed by atoms with Crippen molar-refractivity contribution in [1.82, 2.24) is 5.32 Å². The molecule has 1 aromatic rings. The summed E-state index contributed by atoms with van der Waals surface area (Å²) in [5, 5.41) is 12.7. The summed E-state index contributed by atoms with van der Waals surface area (Å²) in [5.41, 5.74) is 1.08. The van der Waals surface area contributed by atoms with Crippen molar-refractivity contribution in [3.05, 3.63) is 24.3 Å². The molecule has 3 nitrogen and oxygen atoms in total. The van der Waals surface area contributed by atoms with Gasteiger partial charge in [0.2, 0.25) is 0 Å². The van der Waals surface area contributed by atoms with Crippen LogP contribution in [0.4, 0.5) is 5.69 Å². The van der Waals surface area contributed by atoms with Gasteiger partial charge < -0.3 is 15.3 Å². The fourth-order valence-electron chi connectivity index (χ4n) is 1.89. The Morgan fingerprint density at radius 2 is 2.36 bits per heavy atom. The molecule has 0 aliphatic carbocycles. The van der Waals surface area contributed by atoms with Crippen LogP contribution in [0.5, 0.6) is 5.75 Å². The van der Waals surface area contributed by atoms with Gasteiger partial charge >= 0.3 is 0 Å². The fourth-order valence-corrected chi connectivity index (χ4v) is 1.89. The third kappa shape index (κ3) is 1.82. The number of phenolic OH excluding ortho intramolecular Hbond substituents is 1. The van der Waals surface area contributed by atoms with Crippen molar-refractivity contribution in [3.8, 4) is 5.75 Å². The molecule has 0 bridgehead atoms. The van der Waals surface area contributed by atoms with Crippen molar-refractivity contribution >= 4 is 5.69 Å². The molecule has 14 heavy (non-hydrogen) atoms. The highest BCUT2D eigenvalue weighted by Crippen LogP contribution is 2.22. The molecule has 0 saturated carbocycles. The van der Waals surface area contributed by atoms with Gasteiger partial charge in [0.05, 0.1) is 0 Å². The molecule has 1 saturated heterocycles. The smallest absolute Gasteiger partial charge is 0.117 e. The van der Waals surface area contributed by atoms with E-state index in [-0.39, 0.29) is 0 Å². The Labute approximate surface area is 84.4 Å². The standard InChI is InChI=1S/C11H16N2O/c1-13(10-5-6-12-8-10)9-3-2-4-11(14)7-9/h2-4,7,10,12,14H,5-6,8H2,1H3. The monoisotopic (exact) mass is 192 g/mol. The lowest BCUT2D eigenvalue weighted by atomic mass is 10.2. The van der Waals surface area contributed by atoms with Gasteiger partial charge in [-0.15, -0.1) is 0 Å². The fraction of sp³-hybridized carbons (Fsp3) is 0.455. The molecular formula is C11H16N2O. The van der Waals surface area contributed by atoms with Crippen LogP contribution in [-0.4, -0.2) is 31.3 Å². The first-order valence-corrected chi connectivity index (χ1v) is 5.00. The van der Waals surface area contributed by atoms with Crippen molar-refractivity contribution < 1.29 is 5.11 Å². The van der Waals surface area contributed by atoms with Crippen LogP contribution in [0.25, 0.3) is 0 Å². The zero-order valence-electron chi connectivity index (χ0n) is 8.40. The molecule has 0 amide bonds. The average Bonchev–Trinajstić information content (AvgIpc) is 2.69. The summed E-state index contributed by atoms with van der Waals surface area (Å²) in [6, 6.07) is 7.96. The van der Waals surface area contributed by atoms with Gasteiger partial charge in [0, 0.05) is 31.4 Å². The first-order chi connectivity index (χ1) is 6.77. The van der Waals surface area contributed by atoms with Crippen molar-refractivity contribution in [2.75, 3.05) is 25.0 Å². The lowest BCUT2D eigenvalue weighted by Crippen LogP contribution is -2.33. The normalized spacial score (nSPS) is 21.1. The van der Waals surface area contributed by atoms with Crippen LogP contribution in [0.15, 0.2) is 24.3 Å². The van der Waals surface area contributed by atoms with E-state index in [1.165, 1.54) is 6.42 Å². The van der Waals surface area contributed by atoms with Crippen molar-refractivity contribution in [1.29, 1.82) is 0 Å². The van der Waals surface area contributed by atoms with Gasteiger partial charge in [-0.1, -0.05) is 6.07 Å². The Bertz CT molecular complexity index is 308. The highest BCUT2D eigenvalue weighted by Gasteiger charge is 2.19. The van der Waals surface area contributed by atoms with Gasteiger partial charge in [0.25, 0.3) is 0 Å². The van der Waals surface area contributed by atoms with E-state index in [9.17, 15) is 5.11 Å². The molecule has 2 N–H and O–H groups in total. The Morgan fingerprint density at radius 3 is 3.00 bits per heavy atom. The zero-order chi connectivity index (χ0) is 9.97. The minimum absolute atomic E-state index is 0.334. The summed E-state index contributed by atoms with van der Waals surface area (Å²) in [5.74, 6) is 0.334. The van der Waals surface area contributed by atoms with Gasteiger partial charge in [-0.25, -0.2) is 0 Å². The van der Waals surface area contributed by atoms with E-state index in [0.29, 0.717) is 11.8 Å². The van der Waals surface area contributed by atoms with E-state index in [1.807, 2.05) is 12.1 Å². The number of anilines is 1. The maximum atomic E-state index is 9.36. The molecule has 3 heteroatoms. The Hall–Kier alpha value is -1.22. The van der Waals surface area contributed by atoms with Crippen LogP contribution in [-0.2, 0) is 0 Å². The number of benzene rings is 1. The van der Waals surface area contributed by atoms with Crippen molar-refractivity contribution in [3.63, 3.8) is 0 Å². The first kappa shape index (κ1) is 9.34. The van der Waals surface area contributed by atoms with Gasteiger partial charge in [0.1, 0.15) is 5.75 Å². The van der Waals surface area contributed by atoms with Crippen LogP contribution in [0.2, 0.25) is 0 Å². The Kier molecular flexibility index (Phi) is 2.59. The largest absolute Gasteiger partial charge is 0.508 e. The van der Waals surface area contributed by atoms with E-state index in [2.05, 4.69) is 17.3 Å². The summed E-state index contributed by atoms with van der Waals surface area (Å²) in [6.45, 7) is 2.12. The predicted octanol–water partition coefficient (Wildman–Crippen LogP) is 1.19. The quantitative estimate of drug-likeness (QED) is 0.739. The van der Waals surface area contributed by atoms with Crippen LogP contribution in [0.1, 0.15) is 6.42 Å². The third-order valence-corrected chi connectivity index (χ3v) is 2.82. The molecule has 1 aromatic carbocycles. The number of likely N-dealkylation sites (N-methyl/N-ethyl adjacent to an activating group) is 1. The number of rotatable bonds is 2. The van der Waals surface area contributed by atoms with E-state index in [1.54, 1.807) is 12.1 Å². The molecule has 2 rings (SSSR count). The van der Waals surface area contributed by atoms with Crippen LogP contribution >= 0.6 is 0 Å². The minimum Gasteiger partial charge on any atom is -0.508 e. The number of nitrogens with one attached hydrogen (secondary N) is 1. The van der Waals surface area contributed by atoms with E-state index in [0.717, 1.165) is 18.8 Å². The minimum atomic E-state index is 0.334. The maximum Gasteiger partial charge on any atom is 0.117 e. The summed E-state index contributed by atoms with van der Waals surface area (Å²) >= 11 is 0. The number of phenols is 1. The molecule has 1 atom stereocenters. The molecule has 1 aliphatic heterocycles. The number of nitrogens with zero attached hydrogens (tertiary/aromatic N) is 1. The first-order valence-electron chi connectivity index (χ1n) is 5.00. The molecular weight excluding hydrogens is 176 g/mol. The third-order valence-electron chi connectivity index (χ3n) is 2.82. The number of hydrogen-bond donors (Lipinski definition) is 2. The molecule has 0 spiro atoms. The maximum absolute atomic E-state index is 9.36. The van der Waals surface area contributed by atoms with Crippen LogP contribution in [0.3, 0.4) is 0 Å². The zero-order valence-corrected chi connectivity index (χ0v) is 8.40. The summed E-state index contributed by atoms with van der Waals surface area (Å²) in [7, 11) is 2.08. The lowest BCUT2D eigenvalue weighted by molar-refractivity contribution is 0.475. The molecule has 1 unspecified atom stereocenters. The van der Waals surface area contributed by atoms with Crippen LogP contribution in [0, 0.1) is 0 Å². The lowest BCUT2D eigenvalue weighted by Gasteiger charge is -2.25. The van der Waals surface area contributed by atoms with E-state index < -0.39 is 0 Å². The average molecular weight is 192 g/mol. The molecule has 1 heterocycles. The predicted molar refractivity (Wildman–Crippen MR) is 57.8 cm³/mol. The molecule has 0 aromatic heterocycles. The van der Waals surface area contributed by atoms with Crippen LogP contribution < -0.4 is 10.2 Å². The van der Waals surface area contributed by atoms with E-state index in [4.69, 9.17) is 0 Å². The van der Waals surface area contributed by atoms with Gasteiger partial charge in [-0.2, -0.15) is 0 Å². The SMILES string of the molecule is CN(c1cccc(O)c1)C1CCNC1. The summed E-state index contributed by atoms with van der Waals surface area (Å²) in [6.07, 6.45) is 1.17. The second-order valence-electron chi connectivity index (χ2n) is 3.78. The number of hydrogen-bond acceptors (Lipinski definition) is 3. The summed E-state index contributed by atoms with van der Waals surface area (Å²) in [4.78, 5) is 2.22. The Morgan fingerprint density at radius 1 is 1.50 bits per heavy atom. The van der Waals surface area contributed by atoms with Gasteiger partial charge in [-0.3, -0.25) is 0 Å². The second kappa shape index (κ2) is 3.88. The van der Waals surface area contributed by atoms with Gasteiger partial charge in [-0.05, 0) is 25.1 Å². The molecule has 1 fully saturated rings. The molecule has 1 aliphatic rings. The second-order valence-corrected chi connectivity index (χ2v) is 3.78. The Balaban J connectivity index is 2.13. The topological polar surface area (TPSA) is 35.5 Å². The number of aromatic hydroxyl groups is 1. The van der Waals surface area contributed by atoms with Gasteiger partial charge in [0.15, 0.2) is 0 Å². The van der Waals surface area contributed by atoms with Crippen molar-refractivity contribution in [2.45, 2.75) is 12.5 Å². The van der Waals surface area contributed by atoms with E-state index >= 15 is 0 Å².